The predicted molar refractivity (Wildman–Crippen MR) is 69.7 cm³/mol. The highest BCUT2D eigenvalue weighted by Crippen LogP contribution is 2.27. The van der Waals surface area contributed by atoms with Gasteiger partial charge in [0.25, 0.3) is 0 Å². The van der Waals surface area contributed by atoms with Crippen molar-refractivity contribution in [2.75, 3.05) is 13.1 Å². The van der Waals surface area contributed by atoms with Gasteiger partial charge in [-0.25, -0.2) is 4.39 Å². The van der Waals surface area contributed by atoms with Crippen LogP contribution in [0.2, 0.25) is 0 Å². The van der Waals surface area contributed by atoms with Crippen LogP contribution in [0.5, 0.6) is 0 Å². The molecule has 18 heavy (non-hydrogen) atoms. The van der Waals surface area contributed by atoms with Crippen LogP contribution in [0.3, 0.4) is 0 Å². The number of carboxylic acids is 1. The highest BCUT2D eigenvalue weighted by molar-refractivity contribution is 9.10. The number of nitrogens with zero attached hydrogens (tertiary/aromatic N) is 1. The molecule has 2 rings (SSSR count). The Morgan fingerprint density at radius 1 is 1.56 bits per heavy atom. The number of benzene rings is 1. The first-order chi connectivity index (χ1) is 8.49. The Balaban J connectivity index is 2.07. The van der Waals surface area contributed by atoms with Crippen LogP contribution in [-0.4, -0.2) is 29.1 Å². The summed E-state index contributed by atoms with van der Waals surface area (Å²) >= 11 is 3.23. The first-order valence-corrected chi connectivity index (χ1v) is 6.66. The highest BCUT2D eigenvalue weighted by Gasteiger charge is 2.34. The minimum absolute atomic E-state index is 0.134. The summed E-state index contributed by atoms with van der Waals surface area (Å²) in [7, 11) is 0. The molecule has 3 nitrogen and oxygen atoms in total. The number of carboxylic acid groups (broad SMARTS) is 1. The fraction of sp³-hybridized carbons (Fsp3) is 0.462. The summed E-state index contributed by atoms with van der Waals surface area (Å²) in [4.78, 5) is 13.1. The molecule has 1 aliphatic rings. The number of rotatable bonds is 3. The maximum absolute atomic E-state index is 13.4. The third-order valence-electron chi connectivity index (χ3n) is 3.43. The Hall–Kier alpha value is -0.940. The van der Waals surface area contributed by atoms with Crippen LogP contribution in [-0.2, 0) is 11.3 Å². The normalized spacial score (nSPS) is 24.4. The van der Waals surface area contributed by atoms with Crippen LogP contribution in [0, 0.1) is 17.7 Å². The van der Waals surface area contributed by atoms with E-state index in [2.05, 4.69) is 20.8 Å². The zero-order valence-corrected chi connectivity index (χ0v) is 11.7. The summed E-state index contributed by atoms with van der Waals surface area (Å²) in [5, 5.41) is 9.07. The zero-order valence-electron chi connectivity index (χ0n) is 10.1. The van der Waals surface area contributed by atoms with Crippen LogP contribution in [0.4, 0.5) is 4.39 Å². The first kappa shape index (κ1) is 13.5. The minimum atomic E-state index is -0.747. The lowest BCUT2D eigenvalue weighted by molar-refractivity contribution is -0.142. The van der Waals surface area contributed by atoms with Gasteiger partial charge in [-0.15, -0.1) is 0 Å². The molecule has 1 aromatic rings. The van der Waals surface area contributed by atoms with Crippen molar-refractivity contribution in [3.8, 4) is 0 Å². The van der Waals surface area contributed by atoms with Gasteiger partial charge in [0, 0.05) is 19.6 Å². The molecule has 0 amide bonds. The zero-order chi connectivity index (χ0) is 13.3. The van der Waals surface area contributed by atoms with E-state index < -0.39 is 5.97 Å². The molecular weight excluding hydrogens is 301 g/mol. The molecule has 0 spiro atoms. The molecule has 1 saturated heterocycles. The Labute approximate surface area is 114 Å². The van der Waals surface area contributed by atoms with Crippen molar-refractivity contribution < 1.29 is 14.3 Å². The van der Waals surface area contributed by atoms with Gasteiger partial charge in [0.1, 0.15) is 5.82 Å². The van der Waals surface area contributed by atoms with Gasteiger partial charge in [0.15, 0.2) is 0 Å². The summed E-state index contributed by atoms with van der Waals surface area (Å²) in [5.41, 5.74) is 0.855. The Morgan fingerprint density at radius 2 is 2.28 bits per heavy atom. The van der Waals surface area contributed by atoms with Gasteiger partial charge in [-0.3, -0.25) is 9.69 Å². The molecule has 98 valence electrons. The molecule has 0 radical (unpaired) electrons. The van der Waals surface area contributed by atoms with E-state index in [1.807, 2.05) is 13.0 Å². The van der Waals surface area contributed by atoms with Gasteiger partial charge in [-0.2, -0.15) is 0 Å². The van der Waals surface area contributed by atoms with Crippen LogP contribution < -0.4 is 0 Å². The van der Waals surface area contributed by atoms with Crippen molar-refractivity contribution >= 4 is 21.9 Å². The maximum Gasteiger partial charge on any atom is 0.308 e. The quantitative estimate of drug-likeness (QED) is 0.932. The van der Waals surface area contributed by atoms with Crippen LogP contribution in [0.1, 0.15) is 12.5 Å². The maximum atomic E-state index is 13.4. The number of hydrogen-bond donors (Lipinski definition) is 1. The molecule has 1 aromatic carbocycles. The molecule has 1 aliphatic heterocycles. The molecule has 1 fully saturated rings. The van der Waals surface area contributed by atoms with E-state index in [1.165, 1.54) is 6.07 Å². The number of hydrogen-bond acceptors (Lipinski definition) is 2. The third-order valence-corrected chi connectivity index (χ3v) is 4.32. The van der Waals surface area contributed by atoms with Crippen LogP contribution in [0.25, 0.3) is 0 Å². The number of likely N-dealkylation sites (tertiary alicyclic amines) is 1. The molecule has 2 unspecified atom stereocenters. The molecule has 0 saturated carbocycles. The van der Waals surface area contributed by atoms with Crippen molar-refractivity contribution in [2.24, 2.45) is 11.8 Å². The van der Waals surface area contributed by atoms with Crippen LogP contribution >= 0.6 is 15.9 Å². The molecule has 0 aromatic heterocycles. The van der Waals surface area contributed by atoms with Crippen molar-refractivity contribution in [3.05, 3.63) is 34.1 Å². The first-order valence-electron chi connectivity index (χ1n) is 5.87. The summed E-state index contributed by atoms with van der Waals surface area (Å²) in [6.45, 7) is 3.78. The van der Waals surface area contributed by atoms with E-state index in [1.54, 1.807) is 6.07 Å². The Morgan fingerprint density at radius 3 is 2.89 bits per heavy atom. The van der Waals surface area contributed by atoms with Gasteiger partial charge < -0.3 is 5.11 Å². The second-order valence-corrected chi connectivity index (χ2v) is 5.62. The SMILES string of the molecule is CC1CN(Cc2cccc(F)c2Br)CC1C(=O)O. The smallest absolute Gasteiger partial charge is 0.308 e. The van der Waals surface area contributed by atoms with Crippen molar-refractivity contribution in [1.29, 1.82) is 0 Å². The third kappa shape index (κ3) is 2.72. The largest absolute Gasteiger partial charge is 0.481 e. The summed E-state index contributed by atoms with van der Waals surface area (Å²) in [6.07, 6.45) is 0. The minimum Gasteiger partial charge on any atom is -0.481 e. The fourth-order valence-corrected chi connectivity index (χ4v) is 2.82. The molecule has 5 heteroatoms. The van der Waals surface area contributed by atoms with Crippen molar-refractivity contribution in [3.63, 3.8) is 0 Å². The fourth-order valence-electron chi connectivity index (χ4n) is 2.43. The summed E-state index contributed by atoms with van der Waals surface area (Å²) < 4.78 is 13.8. The highest BCUT2D eigenvalue weighted by atomic mass is 79.9. The van der Waals surface area contributed by atoms with Crippen molar-refractivity contribution in [2.45, 2.75) is 13.5 Å². The molecule has 0 bridgehead atoms. The number of aliphatic carboxylic acids is 1. The molecule has 2 atom stereocenters. The molecular formula is C13H15BrFNO2. The average molecular weight is 316 g/mol. The van der Waals surface area contributed by atoms with Gasteiger partial charge in [-0.05, 0) is 33.5 Å². The van der Waals surface area contributed by atoms with Gasteiger partial charge >= 0.3 is 5.97 Å². The van der Waals surface area contributed by atoms with Crippen molar-refractivity contribution in [1.82, 2.24) is 4.90 Å². The molecule has 1 N–H and O–H groups in total. The van der Waals surface area contributed by atoms with E-state index in [0.29, 0.717) is 17.6 Å². The van der Waals surface area contributed by atoms with E-state index in [-0.39, 0.29) is 17.7 Å². The summed E-state index contributed by atoms with van der Waals surface area (Å²) in [6, 6.07) is 4.93. The Bertz CT molecular complexity index is 466. The lowest BCUT2D eigenvalue weighted by Gasteiger charge is -2.16. The van der Waals surface area contributed by atoms with Gasteiger partial charge in [0.05, 0.1) is 10.4 Å². The monoisotopic (exact) mass is 315 g/mol. The predicted octanol–water partition coefficient (Wildman–Crippen LogP) is 2.74. The standard InChI is InChI=1S/C13H15BrFNO2/c1-8-5-16(7-10(8)13(17)18)6-9-3-2-4-11(15)12(9)14/h2-4,8,10H,5-7H2,1H3,(H,17,18). The summed E-state index contributed by atoms with van der Waals surface area (Å²) in [5.74, 6) is -1.22. The lowest BCUT2D eigenvalue weighted by Crippen LogP contribution is -2.23. The van der Waals surface area contributed by atoms with E-state index in [0.717, 1.165) is 12.1 Å². The Kier molecular flexibility index (Phi) is 4.02. The number of carbonyl (C=O) groups is 1. The van der Waals surface area contributed by atoms with Crippen LogP contribution in [0.15, 0.2) is 22.7 Å². The molecule has 0 aliphatic carbocycles. The van der Waals surface area contributed by atoms with E-state index in [9.17, 15) is 9.18 Å². The second-order valence-electron chi connectivity index (χ2n) is 4.83. The van der Waals surface area contributed by atoms with Gasteiger partial charge in [-0.1, -0.05) is 19.1 Å². The van der Waals surface area contributed by atoms with E-state index in [4.69, 9.17) is 5.11 Å². The topological polar surface area (TPSA) is 40.5 Å². The van der Waals surface area contributed by atoms with E-state index >= 15 is 0 Å². The lowest BCUT2D eigenvalue weighted by atomic mass is 9.99. The van der Waals surface area contributed by atoms with Gasteiger partial charge in [0.2, 0.25) is 0 Å². The second kappa shape index (κ2) is 5.36. The molecule has 1 heterocycles. The average Bonchev–Trinajstić information content (AvgIpc) is 2.66. The number of halogens is 2.